The molecule has 2 aromatic heterocycles. The average molecular weight is 719 g/mol. The summed E-state index contributed by atoms with van der Waals surface area (Å²) in [5.41, 5.74) is 6.70. The highest BCUT2D eigenvalue weighted by Gasteiger charge is 2.47. The van der Waals surface area contributed by atoms with Crippen molar-refractivity contribution in [3.63, 3.8) is 0 Å². The third-order valence-corrected chi connectivity index (χ3v) is 11.4. The van der Waals surface area contributed by atoms with Gasteiger partial charge in [0.15, 0.2) is 17.5 Å². The fourth-order valence-corrected chi connectivity index (χ4v) is 9.17. The molecule has 1 unspecified atom stereocenters. The summed E-state index contributed by atoms with van der Waals surface area (Å²) < 4.78 is 84.4. The summed E-state index contributed by atoms with van der Waals surface area (Å²) in [6.07, 6.45) is 4.21. The predicted molar refractivity (Wildman–Crippen MR) is 220 cm³/mol. The second-order valence-electron chi connectivity index (χ2n) is 13.3. The van der Waals surface area contributed by atoms with E-state index in [4.69, 9.17) is 26.7 Å². The minimum atomic E-state index is -0.939. The van der Waals surface area contributed by atoms with Crippen molar-refractivity contribution in [2.24, 2.45) is 0 Å². The Balaban J connectivity index is 1.25. The summed E-state index contributed by atoms with van der Waals surface area (Å²) in [5, 5.41) is 2.03. The van der Waals surface area contributed by atoms with E-state index in [0.717, 1.165) is 65.1 Å². The summed E-state index contributed by atoms with van der Waals surface area (Å²) in [5.74, 6) is -0.428. The van der Waals surface area contributed by atoms with Gasteiger partial charge in [-0.25, -0.2) is 15.0 Å². The molecule has 0 N–H and O–H groups in total. The van der Waals surface area contributed by atoms with Crippen LogP contribution in [0.5, 0.6) is 0 Å². The zero-order valence-corrected chi connectivity index (χ0v) is 29.4. The maximum atomic E-state index is 9.02. The Labute approximate surface area is 329 Å². The van der Waals surface area contributed by atoms with Crippen LogP contribution in [0.2, 0.25) is 0 Å². The number of fused-ring (bicyclic) bond motifs is 11. The van der Waals surface area contributed by atoms with Crippen molar-refractivity contribution in [3.8, 4) is 34.2 Å². The van der Waals surface area contributed by atoms with Gasteiger partial charge in [0, 0.05) is 37.3 Å². The van der Waals surface area contributed by atoms with Crippen LogP contribution >= 0.6 is 11.8 Å². The predicted octanol–water partition coefficient (Wildman–Crippen LogP) is 12.4. The highest BCUT2D eigenvalue weighted by molar-refractivity contribution is 7.99. The molecule has 7 aromatic carbocycles. The molecular formula is C49H31N3OS. The standard InChI is InChI=1S/C49H31N3OS/c1-30-12-11-16-34(26-30)47-50-46(33-14-3-2-4-15-33)51-48(52-47)35-25-24-32-23-22-31-13-5-7-18-38(31)49(40(32)27-35)39-19-8-10-21-44(39)54-45-28-37-36-17-6-9-20-42(36)53-43(37)29-41(45)49/h2-29H,1H3/i2D,3D,4D,11D,12D,14D,15D,16D,26D. The van der Waals surface area contributed by atoms with Crippen LogP contribution in [0.1, 0.15) is 51.3 Å². The fourth-order valence-electron chi connectivity index (χ4n) is 7.95. The van der Waals surface area contributed by atoms with Crippen molar-refractivity contribution in [2.75, 3.05) is 0 Å². The van der Waals surface area contributed by atoms with Crippen LogP contribution in [0, 0.1) is 6.92 Å². The van der Waals surface area contributed by atoms with Crippen molar-refractivity contribution < 1.29 is 16.8 Å². The zero-order valence-electron chi connectivity index (χ0n) is 37.6. The van der Waals surface area contributed by atoms with Crippen LogP contribution in [0.15, 0.2) is 172 Å². The normalized spacial score (nSPS) is 17.8. The van der Waals surface area contributed by atoms with Gasteiger partial charge in [0.05, 0.1) is 17.8 Å². The van der Waals surface area contributed by atoms with Crippen molar-refractivity contribution in [1.82, 2.24) is 15.0 Å². The molecule has 9 aromatic rings. The van der Waals surface area contributed by atoms with Crippen LogP contribution in [0.4, 0.5) is 0 Å². The van der Waals surface area contributed by atoms with Crippen LogP contribution < -0.4 is 0 Å². The molecule has 0 amide bonds. The van der Waals surface area contributed by atoms with Crippen molar-refractivity contribution >= 4 is 45.9 Å². The third-order valence-electron chi connectivity index (χ3n) is 10.2. The van der Waals surface area contributed by atoms with Crippen molar-refractivity contribution in [1.29, 1.82) is 0 Å². The van der Waals surface area contributed by atoms with Gasteiger partial charge in [-0.3, -0.25) is 0 Å². The Hall–Kier alpha value is -6.56. The van der Waals surface area contributed by atoms with E-state index in [1.807, 2.05) is 60.7 Å². The maximum absolute atomic E-state index is 9.02. The lowest BCUT2D eigenvalue weighted by molar-refractivity contribution is 0.659. The number of benzene rings is 7. The Morgan fingerprint density at radius 1 is 0.537 bits per heavy atom. The van der Waals surface area contributed by atoms with E-state index in [1.54, 1.807) is 11.8 Å². The molecule has 0 saturated heterocycles. The molecule has 1 aliphatic carbocycles. The van der Waals surface area contributed by atoms with E-state index >= 15 is 0 Å². The maximum Gasteiger partial charge on any atom is 0.164 e. The Morgan fingerprint density at radius 2 is 1.24 bits per heavy atom. The number of furan rings is 1. The third kappa shape index (κ3) is 4.68. The van der Waals surface area contributed by atoms with Crippen LogP contribution in [-0.2, 0) is 5.41 Å². The molecule has 0 radical (unpaired) electrons. The molecule has 0 fully saturated rings. The second-order valence-corrected chi connectivity index (χ2v) is 14.4. The first-order valence-electron chi connectivity index (χ1n) is 21.9. The molecule has 11 rings (SSSR count). The van der Waals surface area contributed by atoms with Gasteiger partial charge >= 0.3 is 0 Å². The van der Waals surface area contributed by atoms with Crippen molar-refractivity contribution in [2.45, 2.75) is 22.1 Å². The van der Waals surface area contributed by atoms with Crippen molar-refractivity contribution in [3.05, 3.63) is 196 Å². The molecule has 0 saturated carbocycles. The lowest BCUT2D eigenvalue weighted by Gasteiger charge is -2.42. The molecule has 5 heteroatoms. The summed E-state index contributed by atoms with van der Waals surface area (Å²) in [6, 6.07) is 30.8. The van der Waals surface area contributed by atoms with Gasteiger partial charge in [-0.1, -0.05) is 151 Å². The molecule has 0 bridgehead atoms. The highest BCUT2D eigenvalue weighted by Crippen LogP contribution is 2.59. The van der Waals surface area contributed by atoms with E-state index in [1.165, 1.54) is 6.92 Å². The van der Waals surface area contributed by atoms with E-state index in [9.17, 15) is 0 Å². The van der Waals surface area contributed by atoms with Crippen LogP contribution in [0.25, 0.3) is 68.3 Å². The Morgan fingerprint density at radius 3 is 2.11 bits per heavy atom. The minimum Gasteiger partial charge on any atom is -0.456 e. The number of nitrogens with zero attached hydrogens (tertiary/aromatic N) is 3. The quantitative estimate of drug-likeness (QED) is 0.182. The molecule has 254 valence electrons. The molecule has 2 aliphatic rings. The molecule has 1 spiro atoms. The van der Waals surface area contributed by atoms with Gasteiger partial charge in [-0.05, 0) is 76.7 Å². The average Bonchev–Trinajstić information content (AvgIpc) is 3.59. The molecule has 1 aliphatic heterocycles. The largest absolute Gasteiger partial charge is 0.456 e. The first-order valence-corrected chi connectivity index (χ1v) is 18.3. The SMILES string of the molecule is [2H]c1c([2H])c([2H])c(-c2nc(-c3ccc4c(c3)C3(c5ccccc5C=C4)c4ccccc4Sc4cc5c(cc43)oc3ccccc35)nc(-c3c([2H])c([2H])c([2H])c(C)c3[2H])n2)c([2H])c1[2H]. The van der Waals surface area contributed by atoms with Gasteiger partial charge in [-0.15, -0.1) is 0 Å². The molecule has 3 heterocycles. The van der Waals surface area contributed by atoms with Gasteiger partial charge in [0.25, 0.3) is 0 Å². The minimum absolute atomic E-state index is 0.0469. The molecule has 1 atom stereocenters. The van der Waals surface area contributed by atoms with Crippen LogP contribution in [-0.4, -0.2) is 15.0 Å². The number of hydrogen-bond donors (Lipinski definition) is 0. The lowest BCUT2D eigenvalue weighted by Crippen LogP contribution is -2.35. The van der Waals surface area contributed by atoms with Gasteiger partial charge in [-0.2, -0.15) is 0 Å². The smallest absolute Gasteiger partial charge is 0.164 e. The van der Waals surface area contributed by atoms with E-state index in [0.29, 0.717) is 5.56 Å². The van der Waals surface area contributed by atoms with Gasteiger partial charge in [0.2, 0.25) is 0 Å². The summed E-state index contributed by atoms with van der Waals surface area (Å²) in [4.78, 5) is 16.4. The Kier molecular flexibility index (Phi) is 5.14. The lowest BCUT2D eigenvalue weighted by atomic mass is 9.63. The number of hydrogen-bond acceptors (Lipinski definition) is 5. The highest BCUT2D eigenvalue weighted by atomic mass is 32.2. The molecule has 4 nitrogen and oxygen atoms in total. The topological polar surface area (TPSA) is 51.8 Å². The first-order chi connectivity index (χ1) is 30.4. The monoisotopic (exact) mass is 718 g/mol. The van der Waals surface area contributed by atoms with Gasteiger partial charge in [0.1, 0.15) is 11.2 Å². The Bertz CT molecular complexity index is 3390. The summed E-state index contributed by atoms with van der Waals surface area (Å²) in [7, 11) is 0. The number of rotatable bonds is 3. The number of para-hydroxylation sites is 1. The molecular weight excluding hydrogens is 679 g/mol. The van der Waals surface area contributed by atoms with Crippen LogP contribution in [0.3, 0.4) is 0 Å². The summed E-state index contributed by atoms with van der Waals surface area (Å²) >= 11 is 1.71. The van der Waals surface area contributed by atoms with E-state index in [2.05, 4.69) is 59.6 Å². The molecule has 54 heavy (non-hydrogen) atoms. The van der Waals surface area contributed by atoms with E-state index < -0.39 is 47.7 Å². The summed E-state index contributed by atoms with van der Waals surface area (Å²) in [6.45, 7) is 1.51. The number of aromatic nitrogens is 3. The second kappa shape index (κ2) is 12.0. The van der Waals surface area contributed by atoms with E-state index in [-0.39, 0.29) is 46.2 Å². The fraction of sp³-hybridized carbons (Fsp3) is 0.0408. The zero-order chi connectivity index (χ0) is 43.6. The first kappa shape index (κ1) is 23.2. The van der Waals surface area contributed by atoms with Gasteiger partial charge < -0.3 is 4.42 Å².